The van der Waals surface area contributed by atoms with Gasteiger partial charge in [-0.05, 0) is 19.3 Å². The molecule has 7 heteroatoms. The van der Waals surface area contributed by atoms with Crippen LogP contribution in [0.25, 0.3) is 0 Å². The van der Waals surface area contributed by atoms with Crippen LogP contribution in [0, 0.1) is 0 Å². The first-order valence-corrected chi connectivity index (χ1v) is 6.01. The van der Waals surface area contributed by atoms with E-state index in [1.165, 1.54) is 0 Å². The van der Waals surface area contributed by atoms with Gasteiger partial charge in [0.25, 0.3) is 0 Å². The molecule has 0 bridgehead atoms. The average molecular weight is 257 g/mol. The Bertz CT molecular complexity index is 329. The fourth-order valence-electron chi connectivity index (χ4n) is 2.24. The number of hydrogen-bond donors (Lipinski definition) is 2. The number of rotatable bonds is 5. The van der Waals surface area contributed by atoms with Crippen molar-refractivity contribution in [3.8, 4) is 0 Å². The van der Waals surface area contributed by atoms with Crippen molar-refractivity contribution in [2.75, 3.05) is 19.6 Å². The van der Waals surface area contributed by atoms with Crippen molar-refractivity contribution in [2.24, 2.45) is 5.73 Å². The van der Waals surface area contributed by atoms with Crippen LogP contribution < -0.4 is 5.73 Å². The van der Waals surface area contributed by atoms with Crippen LogP contribution in [0.1, 0.15) is 26.2 Å². The van der Waals surface area contributed by atoms with Crippen LogP contribution >= 0.6 is 0 Å². The van der Waals surface area contributed by atoms with Gasteiger partial charge in [0.2, 0.25) is 5.91 Å². The minimum absolute atomic E-state index is 0.127. The molecule has 0 aromatic rings. The lowest BCUT2D eigenvalue weighted by Crippen LogP contribution is -2.49. The number of primary amides is 1. The van der Waals surface area contributed by atoms with Crippen molar-refractivity contribution in [2.45, 2.75) is 32.2 Å². The number of carbonyl (C=O) groups is 3. The number of likely N-dealkylation sites (tertiary alicyclic amines) is 1. The van der Waals surface area contributed by atoms with Crippen LogP contribution in [0.2, 0.25) is 0 Å². The first-order valence-electron chi connectivity index (χ1n) is 6.01. The van der Waals surface area contributed by atoms with Gasteiger partial charge in [-0.25, -0.2) is 4.79 Å². The van der Waals surface area contributed by atoms with Gasteiger partial charge in [0.1, 0.15) is 13.1 Å². The number of aliphatic carboxylic acids is 1. The molecule has 1 aliphatic heterocycles. The summed E-state index contributed by atoms with van der Waals surface area (Å²) in [4.78, 5) is 36.4. The lowest BCUT2D eigenvalue weighted by atomic mass is 10.2. The van der Waals surface area contributed by atoms with E-state index in [0.717, 1.165) is 24.2 Å². The van der Waals surface area contributed by atoms with Crippen molar-refractivity contribution in [3.05, 3.63) is 0 Å². The van der Waals surface area contributed by atoms with E-state index in [2.05, 4.69) is 0 Å². The van der Waals surface area contributed by atoms with E-state index in [4.69, 9.17) is 10.8 Å². The summed E-state index contributed by atoms with van der Waals surface area (Å²) in [6.07, 6.45) is 2.64. The number of carboxylic acids is 1. The van der Waals surface area contributed by atoms with Gasteiger partial charge in [-0.15, -0.1) is 0 Å². The molecule has 1 fully saturated rings. The normalized spacial score (nSPS) is 18.7. The monoisotopic (exact) mass is 257 g/mol. The number of hydrogen-bond acceptors (Lipinski definition) is 3. The fraction of sp³-hybridized carbons (Fsp3) is 0.727. The lowest BCUT2D eigenvalue weighted by molar-refractivity contribution is -0.138. The highest BCUT2D eigenvalue weighted by molar-refractivity contribution is 5.86. The first-order chi connectivity index (χ1) is 8.45. The lowest BCUT2D eigenvalue weighted by Gasteiger charge is -2.29. The molecule has 0 aromatic carbocycles. The van der Waals surface area contributed by atoms with E-state index in [0.29, 0.717) is 6.54 Å². The minimum Gasteiger partial charge on any atom is -0.480 e. The molecule has 1 atom stereocenters. The summed E-state index contributed by atoms with van der Waals surface area (Å²) in [6.45, 7) is 1.71. The molecular weight excluding hydrogens is 238 g/mol. The maximum Gasteiger partial charge on any atom is 0.323 e. The second-order valence-corrected chi connectivity index (χ2v) is 4.40. The quantitative estimate of drug-likeness (QED) is 0.714. The van der Waals surface area contributed by atoms with E-state index >= 15 is 0 Å². The number of nitrogens with zero attached hydrogens (tertiary/aromatic N) is 2. The molecule has 0 spiro atoms. The summed E-state index contributed by atoms with van der Waals surface area (Å²) in [5.74, 6) is -1.87. The highest BCUT2D eigenvalue weighted by Crippen LogP contribution is 2.21. The molecular formula is C11H19N3O4. The number of amides is 3. The Labute approximate surface area is 106 Å². The SMILES string of the molecule is CCC1CCCN1C(=O)N(CC(N)=O)CC(=O)O. The van der Waals surface area contributed by atoms with Gasteiger partial charge in [0, 0.05) is 12.6 Å². The van der Waals surface area contributed by atoms with Crippen molar-refractivity contribution in [1.82, 2.24) is 9.80 Å². The molecule has 1 saturated heterocycles. The molecule has 7 nitrogen and oxygen atoms in total. The molecule has 18 heavy (non-hydrogen) atoms. The maximum atomic E-state index is 12.2. The third-order valence-electron chi connectivity index (χ3n) is 3.04. The Hall–Kier alpha value is -1.79. The van der Waals surface area contributed by atoms with Gasteiger partial charge in [-0.2, -0.15) is 0 Å². The van der Waals surface area contributed by atoms with Crippen LogP contribution in [0.15, 0.2) is 0 Å². The van der Waals surface area contributed by atoms with Gasteiger partial charge in [0.05, 0.1) is 0 Å². The third-order valence-corrected chi connectivity index (χ3v) is 3.04. The average Bonchev–Trinajstić information content (AvgIpc) is 2.73. The van der Waals surface area contributed by atoms with Crippen LogP contribution in [-0.4, -0.2) is 58.5 Å². The van der Waals surface area contributed by atoms with Crippen molar-refractivity contribution < 1.29 is 19.5 Å². The van der Waals surface area contributed by atoms with Gasteiger partial charge in [-0.3, -0.25) is 9.59 Å². The zero-order valence-electron chi connectivity index (χ0n) is 10.5. The summed E-state index contributed by atoms with van der Waals surface area (Å²) < 4.78 is 0. The van der Waals surface area contributed by atoms with E-state index in [-0.39, 0.29) is 12.6 Å². The van der Waals surface area contributed by atoms with Gasteiger partial charge in [-0.1, -0.05) is 6.92 Å². The Kier molecular flexibility index (Phi) is 4.94. The molecule has 1 heterocycles. The molecule has 1 aliphatic rings. The largest absolute Gasteiger partial charge is 0.480 e. The molecule has 0 radical (unpaired) electrons. The molecule has 0 saturated carbocycles. The van der Waals surface area contributed by atoms with Crippen LogP contribution in [-0.2, 0) is 9.59 Å². The van der Waals surface area contributed by atoms with Crippen molar-refractivity contribution in [1.29, 1.82) is 0 Å². The van der Waals surface area contributed by atoms with Crippen molar-refractivity contribution in [3.63, 3.8) is 0 Å². The molecule has 3 N–H and O–H groups in total. The summed E-state index contributed by atoms with van der Waals surface area (Å²) in [7, 11) is 0. The Morgan fingerprint density at radius 3 is 2.56 bits per heavy atom. The zero-order valence-corrected chi connectivity index (χ0v) is 10.5. The number of carbonyl (C=O) groups excluding carboxylic acids is 2. The molecule has 1 rings (SSSR count). The smallest absolute Gasteiger partial charge is 0.323 e. The van der Waals surface area contributed by atoms with Gasteiger partial charge >= 0.3 is 12.0 Å². The third kappa shape index (κ3) is 3.61. The highest BCUT2D eigenvalue weighted by Gasteiger charge is 2.31. The Balaban J connectivity index is 2.74. The Morgan fingerprint density at radius 2 is 2.06 bits per heavy atom. The van der Waals surface area contributed by atoms with E-state index in [9.17, 15) is 14.4 Å². The van der Waals surface area contributed by atoms with E-state index < -0.39 is 24.5 Å². The zero-order chi connectivity index (χ0) is 13.7. The van der Waals surface area contributed by atoms with Crippen LogP contribution in [0.3, 0.4) is 0 Å². The summed E-state index contributed by atoms with van der Waals surface area (Å²) in [5.41, 5.74) is 5.03. The topological polar surface area (TPSA) is 104 Å². The molecule has 0 aromatic heterocycles. The van der Waals surface area contributed by atoms with Crippen molar-refractivity contribution >= 4 is 17.9 Å². The Morgan fingerprint density at radius 1 is 1.39 bits per heavy atom. The predicted molar refractivity (Wildman–Crippen MR) is 63.8 cm³/mol. The molecule has 3 amide bonds. The predicted octanol–water partition coefficient (Wildman–Crippen LogP) is -0.147. The van der Waals surface area contributed by atoms with Crippen LogP contribution in [0.5, 0.6) is 0 Å². The number of nitrogens with two attached hydrogens (primary N) is 1. The number of urea groups is 1. The number of carboxylic acid groups (broad SMARTS) is 1. The van der Waals surface area contributed by atoms with Gasteiger partial charge < -0.3 is 20.6 Å². The standard InChI is InChI=1S/C11H19N3O4/c1-2-8-4-3-5-14(8)11(18)13(6-9(12)15)7-10(16)17/h8H,2-7H2,1H3,(H2,12,15)(H,16,17). The van der Waals surface area contributed by atoms with E-state index in [1.54, 1.807) is 4.90 Å². The fourth-order valence-corrected chi connectivity index (χ4v) is 2.24. The highest BCUT2D eigenvalue weighted by atomic mass is 16.4. The summed E-state index contributed by atoms with van der Waals surface area (Å²) in [5, 5.41) is 8.75. The molecule has 1 unspecified atom stereocenters. The second kappa shape index (κ2) is 6.23. The van der Waals surface area contributed by atoms with E-state index in [1.807, 2.05) is 6.92 Å². The van der Waals surface area contributed by atoms with Gasteiger partial charge in [0.15, 0.2) is 0 Å². The first kappa shape index (κ1) is 14.3. The summed E-state index contributed by atoms with van der Waals surface area (Å²) in [6, 6.07) is -0.290. The van der Waals surface area contributed by atoms with Crippen LogP contribution in [0.4, 0.5) is 4.79 Å². The minimum atomic E-state index is -1.16. The maximum absolute atomic E-state index is 12.2. The molecule has 102 valence electrons. The second-order valence-electron chi connectivity index (χ2n) is 4.40. The molecule has 0 aliphatic carbocycles. The summed E-state index contributed by atoms with van der Waals surface area (Å²) >= 11 is 0.